The van der Waals surface area contributed by atoms with Gasteiger partial charge in [0, 0.05) is 23.9 Å². The predicted octanol–water partition coefficient (Wildman–Crippen LogP) is 1.96. The zero-order chi connectivity index (χ0) is 16.4. The summed E-state index contributed by atoms with van der Waals surface area (Å²) in [4.78, 5) is 8.69. The van der Waals surface area contributed by atoms with Gasteiger partial charge in [0.05, 0.1) is 19.0 Å². The minimum atomic E-state index is 0.464. The van der Waals surface area contributed by atoms with Gasteiger partial charge in [-0.1, -0.05) is 0 Å². The molecule has 0 bridgehead atoms. The van der Waals surface area contributed by atoms with Crippen LogP contribution in [0.25, 0.3) is 16.9 Å². The molecule has 7 nitrogen and oxygen atoms in total. The van der Waals surface area contributed by atoms with Crippen molar-refractivity contribution in [1.29, 1.82) is 0 Å². The lowest BCUT2D eigenvalue weighted by Crippen LogP contribution is -2.35. The Hall–Kier alpha value is -2.67. The van der Waals surface area contributed by atoms with Gasteiger partial charge in [0.1, 0.15) is 5.82 Å². The summed E-state index contributed by atoms with van der Waals surface area (Å²) in [7, 11) is 1.61. The van der Waals surface area contributed by atoms with Crippen molar-refractivity contribution in [3.63, 3.8) is 0 Å². The normalized spacial score (nSPS) is 15.5. The Morgan fingerprint density at radius 1 is 1.12 bits per heavy atom. The zero-order valence-electron chi connectivity index (χ0n) is 13.6. The molecular formula is C17H20N6O. The molecule has 1 aliphatic rings. The third kappa shape index (κ3) is 2.90. The van der Waals surface area contributed by atoms with Crippen molar-refractivity contribution in [2.45, 2.75) is 18.9 Å². The summed E-state index contributed by atoms with van der Waals surface area (Å²) in [6.07, 6.45) is 5.81. The number of aromatic nitrogens is 4. The molecule has 1 aliphatic heterocycles. The number of piperidine rings is 1. The van der Waals surface area contributed by atoms with Crippen molar-refractivity contribution in [1.82, 2.24) is 24.9 Å². The molecule has 124 valence electrons. The molecule has 1 saturated heterocycles. The highest BCUT2D eigenvalue weighted by Crippen LogP contribution is 2.22. The Labute approximate surface area is 140 Å². The Bertz CT molecular complexity index is 823. The van der Waals surface area contributed by atoms with Crippen LogP contribution in [0.1, 0.15) is 12.8 Å². The lowest BCUT2D eigenvalue weighted by molar-refractivity contribution is 0.398. The summed E-state index contributed by atoms with van der Waals surface area (Å²) >= 11 is 0. The first-order valence-corrected chi connectivity index (χ1v) is 8.16. The molecule has 0 unspecified atom stereocenters. The molecule has 7 heteroatoms. The van der Waals surface area contributed by atoms with Gasteiger partial charge in [0.15, 0.2) is 5.65 Å². The van der Waals surface area contributed by atoms with Crippen LogP contribution in [0.3, 0.4) is 0 Å². The number of imidazole rings is 1. The van der Waals surface area contributed by atoms with Crippen molar-refractivity contribution in [2.24, 2.45) is 0 Å². The maximum Gasteiger partial charge on any atom is 0.212 e. The topological polar surface area (TPSA) is 76.4 Å². The van der Waals surface area contributed by atoms with E-state index < -0.39 is 0 Å². The number of methoxy groups -OCH3 is 1. The molecule has 3 aromatic heterocycles. The van der Waals surface area contributed by atoms with Crippen LogP contribution >= 0.6 is 0 Å². The largest absolute Gasteiger partial charge is 0.481 e. The minimum absolute atomic E-state index is 0.464. The molecule has 0 saturated carbocycles. The van der Waals surface area contributed by atoms with E-state index in [-0.39, 0.29) is 0 Å². The van der Waals surface area contributed by atoms with Gasteiger partial charge in [-0.3, -0.25) is 0 Å². The van der Waals surface area contributed by atoms with Gasteiger partial charge in [-0.2, -0.15) is 0 Å². The molecule has 4 rings (SSSR count). The van der Waals surface area contributed by atoms with E-state index >= 15 is 0 Å². The van der Waals surface area contributed by atoms with Crippen molar-refractivity contribution in [2.75, 3.05) is 25.5 Å². The van der Waals surface area contributed by atoms with Crippen LogP contribution in [0.15, 0.2) is 36.7 Å². The second-order valence-corrected chi connectivity index (χ2v) is 5.89. The van der Waals surface area contributed by atoms with E-state index in [0.717, 1.165) is 48.7 Å². The van der Waals surface area contributed by atoms with E-state index in [1.807, 2.05) is 35.0 Å². The Balaban J connectivity index is 1.64. The minimum Gasteiger partial charge on any atom is -0.481 e. The van der Waals surface area contributed by atoms with E-state index in [2.05, 4.69) is 20.6 Å². The van der Waals surface area contributed by atoms with Crippen LogP contribution < -0.4 is 15.4 Å². The fraction of sp³-hybridized carbons (Fsp3) is 0.353. The summed E-state index contributed by atoms with van der Waals surface area (Å²) in [6.45, 7) is 2.10. The second-order valence-electron chi connectivity index (χ2n) is 5.89. The first-order chi connectivity index (χ1) is 11.8. The van der Waals surface area contributed by atoms with Crippen LogP contribution in [0.4, 0.5) is 5.82 Å². The molecule has 0 amide bonds. The predicted molar refractivity (Wildman–Crippen MR) is 92.3 cm³/mol. The standard InChI is InChI=1S/C17H20N6O/c1-24-17-5-2-12(10-20-17)14-11-19-16-4-3-15(22-23(14)16)21-13-6-8-18-9-7-13/h2-5,10-11,13,18H,6-9H2,1H3,(H,21,22). The van der Waals surface area contributed by atoms with Crippen LogP contribution in [0.2, 0.25) is 0 Å². The average Bonchev–Trinajstić information content (AvgIpc) is 3.06. The average molecular weight is 324 g/mol. The fourth-order valence-corrected chi connectivity index (χ4v) is 2.98. The van der Waals surface area contributed by atoms with Crippen molar-refractivity contribution >= 4 is 11.5 Å². The molecule has 1 fully saturated rings. The van der Waals surface area contributed by atoms with E-state index in [1.54, 1.807) is 13.3 Å². The monoisotopic (exact) mass is 324 g/mol. The van der Waals surface area contributed by atoms with Crippen LogP contribution in [0.5, 0.6) is 5.88 Å². The first kappa shape index (κ1) is 14.9. The molecule has 0 spiro atoms. The number of pyridine rings is 1. The molecule has 0 atom stereocenters. The Morgan fingerprint density at radius 3 is 2.75 bits per heavy atom. The molecule has 0 aromatic carbocycles. The maximum absolute atomic E-state index is 5.11. The third-order valence-electron chi connectivity index (χ3n) is 4.29. The van der Waals surface area contributed by atoms with Gasteiger partial charge in [0.2, 0.25) is 5.88 Å². The molecular weight excluding hydrogens is 304 g/mol. The molecule has 3 aromatic rings. The lowest BCUT2D eigenvalue weighted by atomic mass is 10.1. The summed E-state index contributed by atoms with van der Waals surface area (Å²) in [5.74, 6) is 1.46. The quantitative estimate of drug-likeness (QED) is 0.764. The molecule has 0 aliphatic carbocycles. The van der Waals surface area contributed by atoms with Gasteiger partial charge in [-0.05, 0) is 44.1 Å². The summed E-state index contributed by atoms with van der Waals surface area (Å²) in [5.41, 5.74) is 2.68. The van der Waals surface area contributed by atoms with E-state index in [1.165, 1.54) is 0 Å². The highest BCUT2D eigenvalue weighted by atomic mass is 16.5. The summed E-state index contributed by atoms with van der Waals surface area (Å²) < 4.78 is 6.97. The van der Waals surface area contributed by atoms with Crippen LogP contribution in [-0.4, -0.2) is 45.8 Å². The van der Waals surface area contributed by atoms with E-state index in [9.17, 15) is 0 Å². The van der Waals surface area contributed by atoms with Gasteiger partial charge in [0.25, 0.3) is 0 Å². The summed E-state index contributed by atoms with van der Waals surface area (Å²) in [6, 6.07) is 8.23. The number of nitrogens with one attached hydrogen (secondary N) is 2. The Morgan fingerprint density at radius 2 is 2.00 bits per heavy atom. The van der Waals surface area contributed by atoms with Gasteiger partial charge < -0.3 is 15.4 Å². The van der Waals surface area contributed by atoms with Gasteiger partial charge >= 0.3 is 0 Å². The third-order valence-corrected chi connectivity index (χ3v) is 4.29. The van der Waals surface area contributed by atoms with Gasteiger partial charge in [-0.25, -0.2) is 14.5 Å². The Kier molecular flexibility index (Phi) is 4.00. The highest BCUT2D eigenvalue weighted by Gasteiger charge is 2.14. The summed E-state index contributed by atoms with van der Waals surface area (Å²) in [5, 5.41) is 11.6. The number of fused-ring (bicyclic) bond motifs is 1. The van der Waals surface area contributed by atoms with Crippen molar-refractivity contribution in [3.05, 3.63) is 36.7 Å². The van der Waals surface area contributed by atoms with Crippen molar-refractivity contribution in [3.8, 4) is 17.1 Å². The zero-order valence-corrected chi connectivity index (χ0v) is 13.6. The van der Waals surface area contributed by atoms with Crippen LogP contribution in [-0.2, 0) is 0 Å². The lowest BCUT2D eigenvalue weighted by Gasteiger charge is -2.24. The number of ether oxygens (including phenoxy) is 1. The van der Waals surface area contributed by atoms with E-state index in [4.69, 9.17) is 9.84 Å². The second kappa shape index (κ2) is 6.45. The fourth-order valence-electron chi connectivity index (χ4n) is 2.98. The number of rotatable bonds is 4. The maximum atomic E-state index is 5.11. The molecule has 0 radical (unpaired) electrons. The molecule has 24 heavy (non-hydrogen) atoms. The number of hydrogen-bond acceptors (Lipinski definition) is 6. The van der Waals surface area contributed by atoms with Crippen molar-refractivity contribution < 1.29 is 4.74 Å². The highest BCUT2D eigenvalue weighted by molar-refractivity contribution is 5.63. The van der Waals surface area contributed by atoms with Crippen LogP contribution in [0, 0.1) is 0 Å². The number of hydrogen-bond donors (Lipinski definition) is 2. The van der Waals surface area contributed by atoms with E-state index in [0.29, 0.717) is 11.9 Å². The number of anilines is 1. The smallest absolute Gasteiger partial charge is 0.212 e. The number of nitrogens with zero attached hydrogens (tertiary/aromatic N) is 4. The molecule has 4 heterocycles. The first-order valence-electron chi connectivity index (χ1n) is 8.16. The van der Waals surface area contributed by atoms with Gasteiger partial charge in [-0.15, -0.1) is 5.10 Å². The SMILES string of the molecule is COc1ccc(-c2cnc3ccc(NC4CCNCC4)nn23)cn1. The molecule has 2 N–H and O–H groups in total.